The minimum atomic E-state index is -4.74. The zero-order chi connectivity index (χ0) is 11.8. The summed E-state index contributed by atoms with van der Waals surface area (Å²) in [5, 5.41) is 12.6. The van der Waals surface area contributed by atoms with Gasteiger partial charge in [0, 0.05) is 6.04 Å². The Bertz CT molecular complexity index is 348. The second-order valence-electron chi connectivity index (χ2n) is 3.36. The maximum Gasteiger partial charge on any atom is 0.420 e. The van der Waals surface area contributed by atoms with E-state index in [1.54, 1.807) is 13.8 Å². The molecule has 1 heterocycles. The zero-order valence-corrected chi connectivity index (χ0v) is 8.84. The fraction of sp³-hybridized carbons (Fsp3) is 0.625. The SMILES string of the molecule is CC(C)n1ncc(Cl)c1[C@H](O)C(F)(F)F. The lowest BCUT2D eigenvalue weighted by atomic mass is 10.2. The first kappa shape index (κ1) is 12.3. The van der Waals surface area contributed by atoms with Gasteiger partial charge in [0.05, 0.1) is 16.9 Å². The predicted molar refractivity (Wildman–Crippen MR) is 48.6 cm³/mol. The highest BCUT2D eigenvalue weighted by atomic mass is 35.5. The molecule has 0 saturated heterocycles. The highest BCUT2D eigenvalue weighted by Crippen LogP contribution is 2.36. The van der Waals surface area contributed by atoms with Crippen LogP contribution >= 0.6 is 11.6 Å². The van der Waals surface area contributed by atoms with E-state index in [9.17, 15) is 13.2 Å². The topological polar surface area (TPSA) is 38.0 Å². The van der Waals surface area contributed by atoms with Crippen molar-refractivity contribution in [1.29, 1.82) is 0 Å². The lowest BCUT2D eigenvalue weighted by Crippen LogP contribution is -2.24. The van der Waals surface area contributed by atoms with Gasteiger partial charge in [-0.15, -0.1) is 0 Å². The van der Waals surface area contributed by atoms with E-state index in [1.165, 1.54) is 0 Å². The molecular formula is C8H10ClF3N2O. The molecule has 3 nitrogen and oxygen atoms in total. The second kappa shape index (κ2) is 4.02. The summed E-state index contributed by atoms with van der Waals surface area (Å²) in [5.74, 6) is 0. The Labute approximate surface area is 89.5 Å². The number of hydrogen-bond acceptors (Lipinski definition) is 2. The molecule has 1 aromatic heterocycles. The molecule has 0 amide bonds. The minimum Gasteiger partial charge on any atom is -0.378 e. The molecule has 1 atom stereocenters. The third-order valence-electron chi connectivity index (χ3n) is 1.85. The molecule has 0 bridgehead atoms. The van der Waals surface area contributed by atoms with Gasteiger partial charge < -0.3 is 5.11 Å². The predicted octanol–water partition coefficient (Wildman–Crippen LogP) is 2.71. The molecule has 0 unspecified atom stereocenters. The van der Waals surface area contributed by atoms with Gasteiger partial charge in [0.2, 0.25) is 0 Å². The van der Waals surface area contributed by atoms with Gasteiger partial charge in [0.25, 0.3) is 0 Å². The van der Waals surface area contributed by atoms with Crippen molar-refractivity contribution >= 4 is 11.6 Å². The Morgan fingerprint density at radius 2 is 2.00 bits per heavy atom. The highest BCUT2D eigenvalue weighted by Gasteiger charge is 2.42. The smallest absolute Gasteiger partial charge is 0.378 e. The highest BCUT2D eigenvalue weighted by molar-refractivity contribution is 6.31. The van der Waals surface area contributed by atoms with E-state index in [-0.39, 0.29) is 11.1 Å². The van der Waals surface area contributed by atoms with Crippen LogP contribution in [0.3, 0.4) is 0 Å². The molecule has 1 aromatic rings. The Balaban J connectivity index is 3.18. The maximum atomic E-state index is 12.3. The molecule has 1 N–H and O–H groups in total. The average Bonchev–Trinajstić information content (AvgIpc) is 2.44. The second-order valence-corrected chi connectivity index (χ2v) is 3.77. The van der Waals surface area contributed by atoms with Gasteiger partial charge in [0.1, 0.15) is 0 Å². The summed E-state index contributed by atoms with van der Waals surface area (Å²) in [6.07, 6.45) is -6.25. The molecule has 7 heteroatoms. The molecule has 0 aromatic carbocycles. The molecular weight excluding hydrogens is 233 g/mol. The summed E-state index contributed by atoms with van der Waals surface area (Å²) < 4.78 is 37.9. The molecule has 15 heavy (non-hydrogen) atoms. The molecule has 0 saturated carbocycles. The van der Waals surface area contributed by atoms with Gasteiger partial charge in [-0.3, -0.25) is 4.68 Å². The van der Waals surface area contributed by atoms with Crippen molar-refractivity contribution in [2.24, 2.45) is 0 Å². The molecule has 0 aliphatic rings. The van der Waals surface area contributed by atoms with Crippen LogP contribution in [0.1, 0.15) is 31.7 Å². The van der Waals surface area contributed by atoms with Gasteiger partial charge in [-0.1, -0.05) is 11.6 Å². The van der Waals surface area contributed by atoms with Gasteiger partial charge in [-0.2, -0.15) is 18.3 Å². The maximum absolute atomic E-state index is 12.3. The van der Waals surface area contributed by atoms with Crippen molar-refractivity contribution in [3.8, 4) is 0 Å². The number of aliphatic hydroxyl groups excluding tert-OH is 1. The molecule has 0 aliphatic heterocycles. The summed E-state index contributed by atoms with van der Waals surface area (Å²) >= 11 is 5.55. The van der Waals surface area contributed by atoms with Crippen LogP contribution in [-0.2, 0) is 0 Å². The van der Waals surface area contributed by atoms with Crippen molar-refractivity contribution < 1.29 is 18.3 Å². The number of rotatable bonds is 2. The Morgan fingerprint density at radius 1 is 1.47 bits per heavy atom. The Morgan fingerprint density at radius 3 is 2.40 bits per heavy atom. The lowest BCUT2D eigenvalue weighted by Gasteiger charge is -2.18. The first-order valence-corrected chi connectivity index (χ1v) is 4.60. The van der Waals surface area contributed by atoms with Crippen molar-refractivity contribution in [3.63, 3.8) is 0 Å². The number of halogens is 4. The number of alkyl halides is 3. The Kier molecular flexibility index (Phi) is 3.30. The van der Waals surface area contributed by atoms with Crippen molar-refractivity contribution in [1.82, 2.24) is 9.78 Å². The molecule has 86 valence electrons. The van der Waals surface area contributed by atoms with Gasteiger partial charge in [-0.05, 0) is 13.8 Å². The average molecular weight is 243 g/mol. The van der Waals surface area contributed by atoms with Crippen LogP contribution in [0.15, 0.2) is 6.20 Å². The number of aromatic nitrogens is 2. The van der Waals surface area contributed by atoms with Crippen LogP contribution < -0.4 is 0 Å². The number of nitrogens with zero attached hydrogens (tertiary/aromatic N) is 2. The monoisotopic (exact) mass is 242 g/mol. The van der Waals surface area contributed by atoms with Crippen LogP contribution in [0.4, 0.5) is 13.2 Å². The van der Waals surface area contributed by atoms with Crippen LogP contribution in [0.2, 0.25) is 5.02 Å². The molecule has 0 spiro atoms. The van der Waals surface area contributed by atoms with E-state index in [0.717, 1.165) is 10.9 Å². The zero-order valence-electron chi connectivity index (χ0n) is 8.09. The van der Waals surface area contributed by atoms with Crippen LogP contribution in [0.5, 0.6) is 0 Å². The largest absolute Gasteiger partial charge is 0.420 e. The summed E-state index contributed by atoms with van der Waals surface area (Å²) in [5.41, 5.74) is -0.417. The first-order valence-electron chi connectivity index (χ1n) is 4.22. The van der Waals surface area contributed by atoms with E-state index < -0.39 is 18.0 Å². The summed E-state index contributed by atoms with van der Waals surface area (Å²) in [6, 6.07) is -0.301. The molecule has 1 rings (SSSR count). The molecule has 0 radical (unpaired) electrons. The van der Waals surface area contributed by atoms with Crippen LogP contribution in [-0.4, -0.2) is 21.1 Å². The van der Waals surface area contributed by atoms with Gasteiger partial charge >= 0.3 is 6.18 Å². The third kappa shape index (κ3) is 2.43. The first-order chi connectivity index (χ1) is 6.75. The number of hydrogen-bond donors (Lipinski definition) is 1. The fourth-order valence-corrected chi connectivity index (χ4v) is 1.41. The van der Waals surface area contributed by atoms with E-state index in [4.69, 9.17) is 16.7 Å². The van der Waals surface area contributed by atoms with Gasteiger partial charge in [-0.25, -0.2) is 0 Å². The molecule has 0 fully saturated rings. The van der Waals surface area contributed by atoms with E-state index in [2.05, 4.69) is 5.10 Å². The standard InChI is InChI=1S/C8H10ClF3N2O/c1-4(2)14-6(5(9)3-13-14)7(15)8(10,11)12/h3-4,7,15H,1-2H3/t7-/m0/s1. The normalized spacial score (nSPS) is 14.7. The van der Waals surface area contributed by atoms with Crippen LogP contribution in [0, 0.1) is 0 Å². The van der Waals surface area contributed by atoms with E-state index in [0.29, 0.717) is 0 Å². The lowest BCUT2D eigenvalue weighted by molar-refractivity contribution is -0.209. The fourth-order valence-electron chi connectivity index (χ4n) is 1.17. The van der Waals surface area contributed by atoms with E-state index in [1.807, 2.05) is 0 Å². The van der Waals surface area contributed by atoms with Crippen molar-refractivity contribution in [2.45, 2.75) is 32.2 Å². The van der Waals surface area contributed by atoms with Crippen molar-refractivity contribution in [2.75, 3.05) is 0 Å². The summed E-state index contributed by atoms with van der Waals surface area (Å²) in [6.45, 7) is 3.30. The quantitative estimate of drug-likeness (QED) is 0.866. The van der Waals surface area contributed by atoms with Crippen molar-refractivity contribution in [3.05, 3.63) is 16.9 Å². The minimum absolute atomic E-state index is 0.187. The number of aliphatic hydroxyl groups is 1. The summed E-state index contributed by atoms with van der Waals surface area (Å²) in [7, 11) is 0. The summed E-state index contributed by atoms with van der Waals surface area (Å²) in [4.78, 5) is 0. The van der Waals surface area contributed by atoms with Crippen LogP contribution in [0.25, 0.3) is 0 Å². The van der Waals surface area contributed by atoms with E-state index >= 15 is 0 Å². The molecule has 0 aliphatic carbocycles. The van der Waals surface area contributed by atoms with Gasteiger partial charge in [0.15, 0.2) is 6.10 Å². The Hall–Kier alpha value is -0.750. The third-order valence-corrected chi connectivity index (χ3v) is 2.14.